The Kier molecular flexibility index (Phi) is 7.52. The van der Waals surface area contributed by atoms with Gasteiger partial charge in [-0.1, -0.05) is 11.9 Å². The average molecular weight is 452 g/mol. The second kappa shape index (κ2) is 10.1. The van der Waals surface area contributed by atoms with E-state index >= 15 is 0 Å². The molecule has 2 aliphatic rings. The largest absolute Gasteiger partial charge is 0.478 e. The molecular weight excluding hydrogens is 426 g/mol. The van der Waals surface area contributed by atoms with Crippen LogP contribution in [0.25, 0.3) is 0 Å². The molecule has 2 atom stereocenters. The molecule has 0 aromatic heterocycles. The molecule has 0 bridgehead atoms. The van der Waals surface area contributed by atoms with Crippen LogP contribution in [0.3, 0.4) is 0 Å². The summed E-state index contributed by atoms with van der Waals surface area (Å²) in [4.78, 5) is 51.4. The summed E-state index contributed by atoms with van der Waals surface area (Å²) in [7, 11) is 0. The predicted octanol–water partition coefficient (Wildman–Crippen LogP) is 0.471. The van der Waals surface area contributed by atoms with Crippen LogP contribution in [0.5, 0.6) is 0 Å². The van der Waals surface area contributed by atoms with Gasteiger partial charge in [0.25, 0.3) is 11.8 Å². The minimum atomic E-state index is -1.73. The van der Waals surface area contributed by atoms with Crippen LogP contribution >= 0.6 is 11.9 Å². The van der Waals surface area contributed by atoms with Crippen molar-refractivity contribution < 1.29 is 33.8 Å². The molecule has 3 rings (SSSR count). The number of benzene rings is 1. The molecule has 2 saturated heterocycles. The van der Waals surface area contributed by atoms with Crippen LogP contribution in [0.15, 0.2) is 24.3 Å². The van der Waals surface area contributed by atoms with E-state index < -0.39 is 30.1 Å². The van der Waals surface area contributed by atoms with E-state index in [4.69, 9.17) is 9.47 Å². The van der Waals surface area contributed by atoms with Crippen molar-refractivity contribution in [2.45, 2.75) is 19.1 Å². The van der Waals surface area contributed by atoms with Crippen molar-refractivity contribution in [1.29, 1.82) is 0 Å². The SMILES string of the molecule is CSN1CCN(C(=O)c2ccc(N3CCOC(C(OC(C)=O)C(=O)O)C3=O)cc2)CC1. The summed E-state index contributed by atoms with van der Waals surface area (Å²) in [5.74, 6) is -2.97. The first kappa shape index (κ1) is 23.0. The molecule has 31 heavy (non-hydrogen) atoms. The molecular formula is C20H25N3O7S. The fourth-order valence-corrected chi connectivity index (χ4v) is 4.07. The van der Waals surface area contributed by atoms with E-state index in [1.807, 2.05) is 6.26 Å². The highest BCUT2D eigenvalue weighted by atomic mass is 32.2. The first-order valence-electron chi connectivity index (χ1n) is 9.83. The zero-order valence-corrected chi connectivity index (χ0v) is 18.2. The first-order valence-corrected chi connectivity index (χ1v) is 11.0. The summed E-state index contributed by atoms with van der Waals surface area (Å²) < 4.78 is 12.3. The van der Waals surface area contributed by atoms with Gasteiger partial charge in [-0.3, -0.25) is 14.4 Å². The molecule has 2 unspecified atom stereocenters. The van der Waals surface area contributed by atoms with Gasteiger partial charge in [0.15, 0.2) is 6.10 Å². The highest BCUT2D eigenvalue weighted by Gasteiger charge is 2.42. The predicted molar refractivity (Wildman–Crippen MR) is 113 cm³/mol. The van der Waals surface area contributed by atoms with Gasteiger partial charge in [-0.25, -0.2) is 9.10 Å². The third-order valence-corrected chi connectivity index (χ3v) is 6.02. The van der Waals surface area contributed by atoms with Crippen molar-refractivity contribution >= 4 is 41.4 Å². The molecule has 0 saturated carbocycles. The summed E-state index contributed by atoms with van der Waals surface area (Å²) in [5.41, 5.74) is 1.02. The van der Waals surface area contributed by atoms with E-state index in [0.717, 1.165) is 20.0 Å². The van der Waals surface area contributed by atoms with Crippen LogP contribution in [0.1, 0.15) is 17.3 Å². The number of hydrogen-bond acceptors (Lipinski definition) is 8. The molecule has 0 radical (unpaired) electrons. The molecule has 1 aromatic rings. The van der Waals surface area contributed by atoms with Crippen LogP contribution in [0.4, 0.5) is 5.69 Å². The molecule has 1 N–H and O–H groups in total. The van der Waals surface area contributed by atoms with E-state index in [1.54, 1.807) is 41.1 Å². The van der Waals surface area contributed by atoms with Gasteiger partial charge in [0, 0.05) is 50.9 Å². The maximum atomic E-state index is 12.8. The van der Waals surface area contributed by atoms with E-state index in [2.05, 4.69) is 4.31 Å². The number of ether oxygens (including phenoxy) is 2. The third kappa shape index (κ3) is 5.35. The molecule has 168 valence electrons. The van der Waals surface area contributed by atoms with Gasteiger partial charge in [-0.2, -0.15) is 0 Å². The third-order valence-electron chi connectivity index (χ3n) is 5.14. The van der Waals surface area contributed by atoms with Crippen LogP contribution in [-0.4, -0.2) is 95.9 Å². The zero-order valence-electron chi connectivity index (χ0n) is 17.4. The summed E-state index contributed by atoms with van der Waals surface area (Å²) in [5, 5.41) is 9.33. The van der Waals surface area contributed by atoms with Gasteiger partial charge < -0.3 is 24.4 Å². The lowest BCUT2D eigenvalue weighted by atomic mass is 10.1. The van der Waals surface area contributed by atoms with Gasteiger partial charge in [0.1, 0.15) is 0 Å². The summed E-state index contributed by atoms with van der Waals surface area (Å²) in [6.45, 7) is 4.28. The zero-order chi connectivity index (χ0) is 22.5. The Labute approximate surface area is 184 Å². The molecule has 0 aliphatic carbocycles. The smallest absolute Gasteiger partial charge is 0.348 e. The van der Waals surface area contributed by atoms with Crippen molar-refractivity contribution in [3.8, 4) is 0 Å². The minimum absolute atomic E-state index is 0.0701. The van der Waals surface area contributed by atoms with Crippen molar-refractivity contribution in [2.75, 3.05) is 50.5 Å². The maximum absolute atomic E-state index is 12.8. The molecule has 2 amide bonds. The number of esters is 1. The number of nitrogens with zero attached hydrogens (tertiary/aromatic N) is 3. The lowest BCUT2D eigenvalue weighted by molar-refractivity contribution is -0.177. The molecule has 11 heteroatoms. The van der Waals surface area contributed by atoms with Gasteiger partial charge in [-0.15, -0.1) is 0 Å². The monoisotopic (exact) mass is 451 g/mol. The van der Waals surface area contributed by atoms with E-state index in [0.29, 0.717) is 24.3 Å². The Morgan fingerprint density at radius 3 is 2.32 bits per heavy atom. The number of carboxylic acids is 1. The van der Waals surface area contributed by atoms with Gasteiger partial charge in [0.2, 0.25) is 6.10 Å². The summed E-state index contributed by atoms with van der Waals surface area (Å²) in [6.07, 6.45) is -1.16. The van der Waals surface area contributed by atoms with Crippen LogP contribution in [0, 0.1) is 0 Å². The number of rotatable bonds is 6. The lowest BCUT2D eigenvalue weighted by Gasteiger charge is -2.34. The fourth-order valence-electron chi connectivity index (χ4n) is 3.54. The molecule has 2 fully saturated rings. The lowest BCUT2D eigenvalue weighted by Crippen LogP contribution is -2.55. The number of carbonyl (C=O) groups is 4. The molecule has 10 nitrogen and oxygen atoms in total. The Hall–Kier alpha value is -2.63. The maximum Gasteiger partial charge on any atom is 0.348 e. The molecule has 2 heterocycles. The van der Waals surface area contributed by atoms with E-state index in [1.165, 1.54) is 4.90 Å². The number of aliphatic carboxylic acids is 1. The van der Waals surface area contributed by atoms with Crippen LogP contribution < -0.4 is 4.90 Å². The number of carbonyl (C=O) groups excluding carboxylic acids is 3. The Balaban J connectivity index is 1.70. The molecule has 1 aromatic carbocycles. The van der Waals surface area contributed by atoms with Crippen LogP contribution in [-0.2, 0) is 23.9 Å². The number of piperazine rings is 1. The van der Waals surface area contributed by atoms with Gasteiger partial charge in [0.05, 0.1) is 6.61 Å². The molecule has 0 spiro atoms. The van der Waals surface area contributed by atoms with Crippen molar-refractivity contribution in [3.63, 3.8) is 0 Å². The quantitative estimate of drug-likeness (QED) is 0.487. The first-order chi connectivity index (χ1) is 14.8. The summed E-state index contributed by atoms with van der Waals surface area (Å²) in [6, 6.07) is 6.59. The van der Waals surface area contributed by atoms with Gasteiger partial charge in [-0.05, 0) is 30.5 Å². The van der Waals surface area contributed by atoms with Gasteiger partial charge >= 0.3 is 11.9 Å². The standard InChI is InChI=1S/C20H25N3O7S/c1-13(24)30-17(20(27)28)16-19(26)23(11-12-29-16)15-5-3-14(4-6-15)18(25)21-7-9-22(31-2)10-8-21/h3-6,16-17H,7-12H2,1-2H3,(H,27,28). The van der Waals surface area contributed by atoms with E-state index in [9.17, 15) is 24.3 Å². The number of hydrogen-bond donors (Lipinski definition) is 1. The topological polar surface area (TPSA) is 117 Å². The second-order valence-corrected chi connectivity index (χ2v) is 7.98. The fraction of sp³-hybridized carbons (Fsp3) is 0.500. The number of amides is 2. The number of carboxylic acid groups (broad SMARTS) is 1. The molecule has 2 aliphatic heterocycles. The average Bonchev–Trinajstić information content (AvgIpc) is 2.77. The highest BCUT2D eigenvalue weighted by Crippen LogP contribution is 2.23. The normalized spacial score (nSPS) is 21.0. The summed E-state index contributed by atoms with van der Waals surface area (Å²) >= 11 is 1.66. The second-order valence-electron chi connectivity index (χ2n) is 7.10. The highest BCUT2D eigenvalue weighted by molar-refractivity contribution is 7.96. The number of anilines is 1. The van der Waals surface area contributed by atoms with Crippen LogP contribution in [0.2, 0.25) is 0 Å². The minimum Gasteiger partial charge on any atom is -0.478 e. The Morgan fingerprint density at radius 1 is 1.13 bits per heavy atom. The number of morpholine rings is 1. The van der Waals surface area contributed by atoms with Crippen molar-refractivity contribution in [1.82, 2.24) is 9.21 Å². The Bertz CT molecular complexity index is 840. The Morgan fingerprint density at radius 2 is 1.77 bits per heavy atom. The van der Waals surface area contributed by atoms with Crippen molar-refractivity contribution in [2.24, 2.45) is 0 Å². The van der Waals surface area contributed by atoms with E-state index in [-0.39, 0.29) is 19.1 Å². The van der Waals surface area contributed by atoms with Crippen molar-refractivity contribution in [3.05, 3.63) is 29.8 Å².